The minimum Gasteiger partial charge on any atom is -0.375 e. The van der Waals surface area contributed by atoms with Gasteiger partial charge in [-0.3, -0.25) is 0 Å². The summed E-state index contributed by atoms with van der Waals surface area (Å²) in [5.74, 6) is -0.330. The maximum atomic E-state index is 13.7. The molecular formula is C16H17ClFN. The zero-order valence-electron chi connectivity index (χ0n) is 11.3. The summed E-state index contributed by atoms with van der Waals surface area (Å²) in [7, 11) is 0. The monoisotopic (exact) mass is 277 g/mol. The van der Waals surface area contributed by atoms with Crippen LogP contribution in [0.3, 0.4) is 0 Å². The molecule has 2 aromatic rings. The Morgan fingerprint density at radius 2 is 1.84 bits per heavy atom. The topological polar surface area (TPSA) is 12.0 Å². The standard InChI is InChI=1S/C16H17ClFN/c1-10-7-8-13(9-11(10)2)12(3)19-16-14(17)5-4-6-15(16)18/h4-9,12,19H,1-3H3. The van der Waals surface area contributed by atoms with Crippen molar-refractivity contribution in [3.63, 3.8) is 0 Å². The van der Waals surface area contributed by atoms with Crippen LogP contribution in [0.15, 0.2) is 36.4 Å². The highest BCUT2D eigenvalue weighted by molar-refractivity contribution is 6.33. The zero-order chi connectivity index (χ0) is 14.0. The first-order valence-corrected chi connectivity index (χ1v) is 6.64. The lowest BCUT2D eigenvalue weighted by atomic mass is 10.0. The molecule has 0 aliphatic heterocycles. The van der Waals surface area contributed by atoms with Crippen LogP contribution in [0.4, 0.5) is 10.1 Å². The molecule has 0 bridgehead atoms. The first kappa shape index (κ1) is 13.9. The van der Waals surface area contributed by atoms with Gasteiger partial charge in [-0.05, 0) is 49.6 Å². The SMILES string of the molecule is Cc1ccc(C(C)Nc2c(F)cccc2Cl)cc1C. The van der Waals surface area contributed by atoms with E-state index in [1.54, 1.807) is 12.1 Å². The molecule has 0 aliphatic rings. The van der Waals surface area contributed by atoms with Gasteiger partial charge in [-0.15, -0.1) is 0 Å². The van der Waals surface area contributed by atoms with Crippen molar-refractivity contribution in [2.24, 2.45) is 0 Å². The number of hydrogen-bond acceptors (Lipinski definition) is 1. The first-order valence-electron chi connectivity index (χ1n) is 6.26. The van der Waals surface area contributed by atoms with Crippen LogP contribution >= 0.6 is 11.6 Å². The average molecular weight is 278 g/mol. The van der Waals surface area contributed by atoms with Gasteiger partial charge in [0.1, 0.15) is 5.82 Å². The van der Waals surface area contributed by atoms with Gasteiger partial charge in [0.05, 0.1) is 10.7 Å². The highest BCUT2D eigenvalue weighted by Crippen LogP contribution is 2.29. The fraction of sp³-hybridized carbons (Fsp3) is 0.250. The Morgan fingerprint density at radius 3 is 2.47 bits per heavy atom. The van der Waals surface area contributed by atoms with Crippen molar-refractivity contribution in [2.75, 3.05) is 5.32 Å². The number of halogens is 2. The second-order valence-corrected chi connectivity index (χ2v) is 5.21. The molecule has 19 heavy (non-hydrogen) atoms. The van der Waals surface area contributed by atoms with Gasteiger partial charge >= 0.3 is 0 Å². The molecule has 1 atom stereocenters. The Labute approximate surface area is 118 Å². The van der Waals surface area contributed by atoms with Crippen LogP contribution in [0.2, 0.25) is 5.02 Å². The number of nitrogens with one attached hydrogen (secondary N) is 1. The van der Waals surface area contributed by atoms with Crippen molar-refractivity contribution in [1.82, 2.24) is 0 Å². The number of aryl methyl sites for hydroxylation is 2. The van der Waals surface area contributed by atoms with E-state index in [-0.39, 0.29) is 11.9 Å². The fourth-order valence-corrected chi connectivity index (χ4v) is 2.19. The highest BCUT2D eigenvalue weighted by Gasteiger charge is 2.11. The van der Waals surface area contributed by atoms with Crippen LogP contribution in [0, 0.1) is 19.7 Å². The van der Waals surface area contributed by atoms with E-state index in [0.717, 1.165) is 5.56 Å². The molecule has 0 aromatic heterocycles. The predicted molar refractivity (Wildman–Crippen MR) is 79.4 cm³/mol. The van der Waals surface area contributed by atoms with E-state index in [4.69, 9.17) is 11.6 Å². The van der Waals surface area contributed by atoms with E-state index in [1.807, 2.05) is 6.92 Å². The van der Waals surface area contributed by atoms with Gasteiger partial charge in [0.2, 0.25) is 0 Å². The summed E-state index contributed by atoms with van der Waals surface area (Å²) in [5, 5.41) is 3.53. The number of hydrogen-bond donors (Lipinski definition) is 1. The average Bonchev–Trinajstić information content (AvgIpc) is 2.37. The van der Waals surface area contributed by atoms with E-state index in [1.165, 1.54) is 17.2 Å². The third kappa shape index (κ3) is 3.07. The molecule has 1 nitrogen and oxygen atoms in total. The summed E-state index contributed by atoms with van der Waals surface area (Å²) < 4.78 is 13.7. The zero-order valence-corrected chi connectivity index (χ0v) is 12.1. The highest BCUT2D eigenvalue weighted by atomic mass is 35.5. The Balaban J connectivity index is 2.25. The normalized spacial score (nSPS) is 12.3. The molecule has 0 radical (unpaired) electrons. The maximum Gasteiger partial charge on any atom is 0.147 e. The van der Waals surface area contributed by atoms with Crippen LogP contribution in [0.25, 0.3) is 0 Å². The van der Waals surface area contributed by atoms with Gasteiger partial charge < -0.3 is 5.32 Å². The van der Waals surface area contributed by atoms with E-state index in [2.05, 4.69) is 37.4 Å². The summed E-state index contributed by atoms with van der Waals surface area (Å²) in [5.41, 5.74) is 3.95. The molecule has 0 fully saturated rings. The maximum absolute atomic E-state index is 13.7. The van der Waals surface area contributed by atoms with E-state index in [0.29, 0.717) is 10.7 Å². The Kier molecular flexibility index (Phi) is 4.11. The lowest BCUT2D eigenvalue weighted by Crippen LogP contribution is -2.08. The van der Waals surface area contributed by atoms with Crippen molar-refractivity contribution in [1.29, 1.82) is 0 Å². The number of anilines is 1. The van der Waals surface area contributed by atoms with E-state index < -0.39 is 0 Å². The molecule has 0 saturated heterocycles. The van der Waals surface area contributed by atoms with Crippen LogP contribution in [0.1, 0.15) is 29.7 Å². The van der Waals surface area contributed by atoms with Crippen molar-refractivity contribution in [3.05, 3.63) is 63.9 Å². The summed E-state index contributed by atoms with van der Waals surface area (Å²) >= 11 is 6.02. The third-order valence-corrected chi connectivity index (χ3v) is 3.67. The minimum absolute atomic E-state index is 0.00583. The van der Waals surface area contributed by atoms with Crippen LogP contribution in [-0.2, 0) is 0 Å². The molecule has 100 valence electrons. The quantitative estimate of drug-likeness (QED) is 0.806. The van der Waals surface area contributed by atoms with E-state index >= 15 is 0 Å². The molecule has 0 saturated carbocycles. The molecule has 0 spiro atoms. The molecule has 1 unspecified atom stereocenters. The number of para-hydroxylation sites is 1. The molecule has 3 heteroatoms. The summed E-state index contributed by atoms with van der Waals surface area (Å²) in [6.07, 6.45) is 0. The lowest BCUT2D eigenvalue weighted by molar-refractivity contribution is 0.627. The molecule has 0 heterocycles. The van der Waals surface area contributed by atoms with Crippen LogP contribution in [-0.4, -0.2) is 0 Å². The summed E-state index contributed by atoms with van der Waals surface area (Å²) in [4.78, 5) is 0. The van der Waals surface area contributed by atoms with Gasteiger partial charge in [-0.25, -0.2) is 4.39 Å². The van der Waals surface area contributed by atoms with E-state index in [9.17, 15) is 4.39 Å². The first-order chi connectivity index (χ1) is 8.99. The fourth-order valence-electron chi connectivity index (χ4n) is 1.97. The third-order valence-electron chi connectivity index (χ3n) is 3.35. The summed E-state index contributed by atoms with van der Waals surface area (Å²) in [6, 6.07) is 10.9. The second-order valence-electron chi connectivity index (χ2n) is 4.81. The number of rotatable bonds is 3. The van der Waals surface area contributed by atoms with Gasteiger partial charge in [0.15, 0.2) is 0 Å². The number of benzene rings is 2. The Morgan fingerprint density at radius 1 is 1.11 bits per heavy atom. The van der Waals surface area contributed by atoms with Gasteiger partial charge in [0.25, 0.3) is 0 Å². The molecule has 1 N–H and O–H groups in total. The van der Waals surface area contributed by atoms with Gasteiger partial charge in [-0.2, -0.15) is 0 Å². The second kappa shape index (κ2) is 5.62. The van der Waals surface area contributed by atoms with Crippen molar-refractivity contribution in [3.8, 4) is 0 Å². The van der Waals surface area contributed by atoms with Crippen LogP contribution in [0.5, 0.6) is 0 Å². The van der Waals surface area contributed by atoms with Gasteiger partial charge in [-0.1, -0.05) is 35.9 Å². The molecule has 2 rings (SSSR count). The molecule has 0 aliphatic carbocycles. The smallest absolute Gasteiger partial charge is 0.147 e. The van der Waals surface area contributed by atoms with Crippen molar-refractivity contribution in [2.45, 2.75) is 26.8 Å². The van der Waals surface area contributed by atoms with Crippen molar-refractivity contribution < 1.29 is 4.39 Å². The summed E-state index contributed by atoms with van der Waals surface area (Å²) in [6.45, 7) is 6.14. The molecular weight excluding hydrogens is 261 g/mol. The minimum atomic E-state index is -0.330. The van der Waals surface area contributed by atoms with Crippen LogP contribution < -0.4 is 5.32 Å². The molecule has 2 aromatic carbocycles. The van der Waals surface area contributed by atoms with Gasteiger partial charge in [0, 0.05) is 6.04 Å². The lowest BCUT2D eigenvalue weighted by Gasteiger charge is -2.18. The van der Waals surface area contributed by atoms with Crippen molar-refractivity contribution >= 4 is 17.3 Å². The molecule has 0 amide bonds. The Hall–Kier alpha value is -1.54. The Bertz CT molecular complexity index is 575. The largest absolute Gasteiger partial charge is 0.375 e. The predicted octanol–water partition coefficient (Wildman–Crippen LogP) is 5.27.